The van der Waals surface area contributed by atoms with E-state index in [9.17, 15) is 1.37 Å². The van der Waals surface area contributed by atoms with Gasteiger partial charge >= 0.3 is 0 Å². The Morgan fingerprint density at radius 1 is 1.11 bits per heavy atom. The molecule has 0 aliphatic heterocycles. The summed E-state index contributed by atoms with van der Waals surface area (Å²) in [6.45, 7) is 12.2. The molecule has 0 atom stereocenters. The zero-order chi connectivity index (χ0) is 30.0. The Bertz CT molecular complexity index is 1880. The van der Waals surface area contributed by atoms with Crippen LogP contribution < -0.4 is 4.57 Å². The Balaban J connectivity index is 1.92. The standard InChI is InChI=1S/C32H31N2O/c1-19(2)15-24-16-29(34(7)22(5)21(24)4)31-20(3)13-14-25-27-17-28(33-6)26(18-30(27)35-32(25)31)23-11-9-8-10-12-23/h8-14,16-19H,15H2,1-5,7H3/q+1/i4D3,15D2,16D. The van der Waals surface area contributed by atoms with Gasteiger partial charge in [0, 0.05) is 36.2 Å². The largest absolute Gasteiger partial charge is 0.455 e. The average Bonchev–Trinajstić information content (AvgIpc) is 3.28. The van der Waals surface area contributed by atoms with Gasteiger partial charge in [-0.3, -0.25) is 0 Å². The van der Waals surface area contributed by atoms with Crippen molar-refractivity contribution in [3.05, 3.63) is 94.4 Å². The second-order valence-corrected chi connectivity index (χ2v) is 9.25. The van der Waals surface area contributed by atoms with Gasteiger partial charge in [-0.05, 0) is 60.5 Å². The third kappa shape index (κ3) is 3.80. The van der Waals surface area contributed by atoms with Gasteiger partial charge in [0.2, 0.25) is 5.69 Å². The summed E-state index contributed by atoms with van der Waals surface area (Å²) < 4.78 is 60.0. The maximum Gasteiger partial charge on any atom is 0.216 e. The first-order chi connectivity index (χ1) is 19.2. The van der Waals surface area contributed by atoms with Crippen LogP contribution in [0.5, 0.6) is 0 Å². The quantitative estimate of drug-likeness (QED) is 0.193. The third-order valence-corrected chi connectivity index (χ3v) is 6.53. The van der Waals surface area contributed by atoms with Crippen LogP contribution in [0.4, 0.5) is 5.69 Å². The second-order valence-electron chi connectivity index (χ2n) is 9.25. The van der Waals surface area contributed by atoms with E-state index in [1.807, 2.05) is 61.5 Å². The molecule has 3 nitrogen and oxygen atoms in total. The number of fused-ring (bicyclic) bond motifs is 3. The molecule has 3 heteroatoms. The highest BCUT2D eigenvalue weighted by Gasteiger charge is 2.25. The minimum Gasteiger partial charge on any atom is -0.455 e. The lowest BCUT2D eigenvalue weighted by Crippen LogP contribution is -2.36. The number of nitrogens with zero attached hydrogens (tertiary/aromatic N) is 2. The molecule has 0 radical (unpaired) electrons. The van der Waals surface area contributed by atoms with Gasteiger partial charge in [-0.25, -0.2) is 4.85 Å². The van der Waals surface area contributed by atoms with E-state index in [1.165, 1.54) is 0 Å². The first-order valence-electron chi connectivity index (χ1n) is 14.7. The van der Waals surface area contributed by atoms with Crippen LogP contribution in [-0.2, 0) is 13.4 Å². The van der Waals surface area contributed by atoms with Crippen molar-refractivity contribution in [2.24, 2.45) is 13.0 Å². The SMILES string of the molecule is [2H]c1c(C([2H])([2H])C(C)C)c(C([2H])([2H])[2H])c(C)[n+](C)c1-c1c(C)ccc2c1oc1cc(-c3ccccc3)c([N+]#[C-])cc12. The van der Waals surface area contributed by atoms with Crippen molar-refractivity contribution >= 4 is 27.6 Å². The summed E-state index contributed by atoms with van der Waals surface area (Å²) in [5.74, 6) is -0.570. The monoisotopic (exact) mass is 465 g/mol. The van der Waals surface area contributed by atoms with E-state index in [2.05, 4.69) is 4.85 Å². The molecule has 0 saturated heterocycles. The number of rotatable bonds is 4. The van der Waals surface area contributed by atoms with Gasteiger partial charge in [-0.1, -0.05) is 56.3 Å². The summed E-state index contributed by atoms with van der Waals surface area (Å²) in [6, 6.07) is 17.0. The minimum atomic E-state index is -2.61. The Labute approximate surface area is 215 Å². The smallest absolute Gasteiger partial charge is 0.216 e. The van der Waals surface area contributed by atoms with E-state index in [-0.39, 0.29) is 17.2 Å². The van der Waals surface area contributed by atoms with Crippen LogP contribution in [0.1, 0.15) is 44.5 Å². The lowest BCUT2D eigenvalue weighted by atomic mass is 9.93. The molecule has 0 aliphatic carbocycles. The Kier molecular flexibility index (Phi) is 4.15. The van der Waals surface area contributed by atoms with Gasteiger partial charge in [0.05, 0.1) is 13.5 Å². The number of aryl methyl sites for hydroxylation is 1. The van der Waals surface area contributed by atoms with Crippen LogP contribution in [0.15, 0.2) is 65.1 Å². The third-order valence-electron chi connectivity index (χ3n) is 6.53. The summed E-state index contributed by atoms with van der Waals surface area (Å²) in [7, 11) is 1.71. The Morgan fingerprint density at radius 2 is 1.89 bits per heavy atom. The van der Waals surface area contributed by atoms with Crippen molar-refractivity contribution in [1.82, 2.24) is 0 Å². The number of aromatic nitrogens is 1. The first-order valence-corrected chi connectivity index (χ1v) is 11.7. The normalized spacial score (nSPS) is 14.8. The van der Waals surface area contributed by atoms with Crippen LogP contribution in [0, 0.1) is 33.2 Å². The molecule has 35 heavy (non-hydrogen) atoms. The van der Waals surface area contributed by atoms with Crippen LogP contribution in [0.2, 0.25) is 0 Å². The minimum absolute atomic E-state index is 0.118. The maximum absolute atomic E-state index is 9.32. The van der Waals surface area contributed by atoms with Crippen molar-refractivity contribution in [2.75, 3.05) is 0 Å². The van der Waals surface area contributed by atoms with Gasteiger partial charge in [-0.15, -0.1) is 0 Å². The highest BCUT2D eigenvalue weighted by Crippen LogP contribution is 2.42. The Morgan fingerprint density at radius 3 is 2.57 bits per heavy atom. The molecule has 0 aliphatic rings. The summed E-state index contributed by atoms with van der Waals surface area (Å²) in [6.07, 6.45) is -2.07. The van der Waals surface area contributed by atoms with E-state index in [0.717, 1.165) is 27.5 Å². The number of hydrogen-bond donors (Lipinski definition) is 0. The Hall–Kier alpha value is -3.90. The summed E-state index contributed by atoms with van der Waals surface area (Å²) in [4.78, 5) is 3.79. The van der Waals surface area contributed by atoms with Gasteiger partial charge in [-0.2, -0.15) is 4.57 Å². The topological polar surface area (TPSA) is 21.4 Å². The molecular formula is C32H31N2O+. The molecule has 0 unspecified atom stereocenters. The number of benzene rings is 3. The van der Waals surface area contributed by atoms with Crippen LogP contribution in [-0.4, -0.2) is 0 Å². The molecule has 0 bridgehead atoms. The highest BCUT2D eigenvalue weighted by atomic mass is 16.3. The molecule has 5 rings (SSSR count). The fraction of sp³-hybridized carbons (Fsp3) is 0.250. The van der Waals surface area contributed by atoms with E-state index < -0.39 is 19.1 Å². The zero-order valence-corrected chi connectivity index (χ0v) is 20.6. The van der Waals surface area contributed by atoms with Crippen molar-refractivity contribution in [1.29, 1.82) is 0 Å². The van der Waals surface area contributed by atoms with E-state index in [0.29, 0.717) is 33.8 Å². The van der Waals surface area contributed by atoms with Crippen molar-refractivity contribution in [3.63, 3.8) is 0 Å². The van der Waals surface area contributed by atoms with Crippen molar-refractivity contribution in [2.45, 2.75) is 40.9 Å². The molecule has 2 aromatic heterocycles. The zero-order valence-electron chi connectivity index (χ0n) is 26.6. The van der Waals surface area contributed by atoms with Crippen LogP contribution in [0.25, 0.3) is 49.2 Å². The van der Waals surface area contributed by atoms with Gasteiger partial charge in [0.25, 0.3) is 0 Å². The number of furan rings is 1. The lowest BCUT2D eigenvalue weighted by Gasteiger charge is -2.14. The van der Waals surface area contributed by atoms with E-state index in [4.69, 9.17) is 17.8 Å². The molecule has 174 valence electrons. The summed E-state index contributed by atoms with van der Waals surface area (Å²) in [5, 5.41) is 1.52. The van der Waals surface area contributed by atoms with Crippen LogP contribution in [0.3, 0.4) is 0 Å². The van der Waals surface area contributed by atoms with Gasteiger partial charge in [0.1, 0.15) is 18.2 Å². The maximum atomic E-state index is 9.32. The molecule has 0 N–H and O–H groups in total. The molecule has 0 amide bonds. The molecule has 2 heterocycles. The van der Waals surface area contributed by atoms with Crippen molar-refractivity contribution < 1.29 is 17.2 Å². The molecule has 0 spiro atoms. The molecule has 0 saturated carbocycles. The fourth-order valence-electron chi connectivity index (χ4n) is 4.62. The molecule has 3 aromatic carbocycles. The predicted molar refractivity (Wildman–Crippen MR) is 145 cm³/mol. The molecule has 5 aromatic rings. The van der Waals surface area contributed by atoms with E-state index in [1.54, 1.807) is 32.4 Å². The lowest BCUT2D eigenvalue weighted by molar-refractivity contribution is -0.667. The van der Waals surface area contributed by atoms with Gasteiger partial charge < -0.3 is 4.42 Å². The fourth-order valence-corrected chi connectivity index (χ4v) is 4.62. The number of pyridine rings is 1. The summed E-state index contributed by atoms with van der Waals surface area (Å²) >= 11 is 0. The number of hydrogen-bond acceptors (Lipinski definition) is 1. The van der Waals surface area contributed by atoms with Crippen LogP contribution >= 0.6 is 0 Å². The average molecular weight is 466 g/mol. The van der Waals surface area contributed by atoms with Crippen molar-refractivity contribution in [3.8, 4) is 22.4 Å². The predicted octanol–water partition coefficient (Wildman–Crippen LogP) is 8.42. The second kappa shape index (κ2) is 8.71. The molecular weight excluding hydrogens is 428 g/mol. The van der Waals surface area contributed by atoms with E-state index >= 15 is 0 Å². The van der Waals surface area contributed by atoms with Gasteiger partial charge in [0.15, 0.2) is 11.4 Å². The first kappa shape index (κ1) is 16.7. The summed E-state index contributed by atoms with van der Waals surface area (Å²) in [5.41, 5.74) is 5.12. The molecule has 0 fully saturated rings. The highest BCUT2D eigenvalue weighted by molar-refractivity contribution is 6.12.